The summed E-state index contributed by atoms with van der Waals surface area (Å²) in [5.74, 6) is 1.16. The molecule has 1 heteroatoms. The van der Waals surface area contributed by atoms with Gasteiger partial charge in [-0.3, -0.25) is 4.99 Å². The number of benzene rings is 1. The van der Waals surface area contributed by atoms with Crippen LogP contribution in [0.15, 0.2) is 36.0 Å². The van der Waals surface area contributed by atoms with Crippen molar-refractivity contribution in [3.63, 3.8) is 0 Å². The molecule has 0 N–H and O–H groups in total. The number of nitrogens with zero attached hydrogens (tertiary/aromatic N) is 1. The maximum atomic E-state index is 4.27. The fourth-order valence-electron chi connectivity index (χ4n) is 1.90. The zero-order chi connectivity index (χ0) is 14.3. The Kier molecular flexibility index (Phi) is 6.27. The van der Waals surface area contributed by atoms with E-state index in [0.717, 1.165) is 6.42 Å². The summed E-state index contributed by atoms with van der Waals surface area (Å²) in [5.41, 5.74) is 3.71. The van der Waals surface area contributed by atoms with Crippen LogP contribution in [-0.4, -0.2) is 6.21 Å². The van der Waals surface area contributed by atoms with Gasteiger partial charge in [-0.1, -0.05) is 58.5 Å². The van der Waals surface area contributed by atoms with E-state index in [1.54, 1.807) is 0 Å². The van der Waals surface area contributed by atoms with Crippen molar-refractivity contribution in [2.24, 2.45) is 16.8 Å². The first kappa shape index (κ1) is 15.4. The minimum Gasteiger partial charge on any atom is -0.269 e. The second-order valence-electron chi connectivity index (χ2n) is 5.62. The van der Waals surface area contributed by atoms with Crippen LogP contribution >= 0.6 is 0 Å². The number of aliphatic imine (C=N–C) groups is 1. The number of hydrogen-bond donors (Lipinski definition) is 0. The number of rotatable bonds is 6. The van der Waals surface area contributed by atoms with E-state index in [1.807, 2.05) is 24.6 Å². The molecule has 0 unspecified atom stereocenters. The maximum Gasteiger partial charge on any atom is 0.0270 e. The van der Waals surface area contributed by atoms with Crippen LogP contribution in [0, 0.1) is 11.8 Å². The molecule has 1 nitrogen and oxygen atoms in total. The lowest BCUT2D eigenvalue weighted by Gasteiger charge is -2.08. The van der Waals surface area contributed by atoms with Crippen molar-refractivity contribution in [2.45, 2.75) is 34.1 Å². The fraction of sp³-hybridized carbons (Fsp3) is 0.389. The zero-order valence-corrected chi connectivity index (χ0v) is 12.6. The van der Waals surface area contributed by atoms with Crippen LogP contribution in [0.3, 0.4) is 0 Å². The van der Waals surface area contributed by atoms with Crippen molar-refractivity contribution in [1.82, 2.24) is 0 Å². The average molecular weight is 255 g/mol. The topological polar surface area (TPSA) is 12.4 Å². The van der Waals surface area contributed by atoms with E-state index in [0.29, 0.717) is 11.8 Å². The van der Waals surface area contributed by atoms with Crippen LogP contribution < -0.4 is 0 Å². The summed E-state index contributed by atoms with van der Waals surface area (Å²) in [4.78, 5) is 4.27. The van der Waals surface area contributed by atoms with Gasteiger partial charge in [0.1, 0.15) is 0 Å². The third kappa shape index (κ3) is 5.69. The first-order valence-corrected chi connectivity index (χ1v) is 6.98. The molecule has 0 spiro atoms. The summed E-state index contributed by atoms with van der Waals surface area (Å²) < 4.78 is 0. The van der Waals surface area contributed by atoms with Gasteiger partial charge in [-0.15, -0.1) is 0 Å². The molecule has 1 rings (SSSR count). The number of hydrogen-bond acceptors (Lipinski definition) is 1. The monoisotopic (exact) mass is 255 g/mol. The van der Waals surface area contributed by atoms with Crippen molar-refractivity contribution < 1.29 is 0 Å². The summed E-state index contributed by atoms with van der Waals surface area (Å²) in [6, 6.07) is 6.56. The lowest BCUT2D eigenvalue weighted by atomic mass is 9.98. The van der Waals surface area contributed by atoms with Crippen LogP contribution in [-0.2, 0) is 6.42 Å². The summed E-state index contributed by atoms with van der Waals surface area (Å²) >= 11 is 0. The van der Waals surface area contributed by atoms with Gasteiger partial charge in [0.2, 0.25) is 0 Å². The Bertz CT molecular complexity index is 465. The quantitative estimate of drug-likeness (QED) is 0.617. The second-order valence-corrected chi connectivity index (χ2v) is 5.62. The molecule has 19 heavy (non-hydrogen) atoms. The molecule has 0 saturated heterocycles. The summed E-state index contributed by atoms with van der Waals surface area (Å²) in [5, 5.41) is 0. The van der Waals surface area contributed by atoms with Crippen LogP contribution in [0.25, 0.3) is 12.2 Å². The SMILES string of the molecule is C=Cc1cc(CC(C)C)ccc1/C=C\N=CC(C)C. The molecule has 0 amide bonds. The zero-order valence-electron chi connectivity index (χ0n) is 12.6. The summed E-state index contributed by atoms with van der Waals surface area (Å²) in [7, 11) is 0. The molecule has 102 valence electrons. The average Bonchev–Trinajstić information content (AvgIpc) is 2.34. The predicted octanol–water partition coefficient (Wildman–Crippen LogP) is 5.23. The second kappa shape index (κ2) is 7.73. The van der Waals surface area contributed by atoms with Gasteiger partial charge in [-0.2, -0.15) is 0 Å². The highest BCUT2D eigenvalue weighted by atomic mass is 14.7. The van der Waals surface area contributed by atoms with Crippen molar-refractivity contribution in [3.8, 4) is 0 Å². The molecular weight excluding hydrogens is 230 g/mol. The van der Waals surface area contributed by atoms with Crippen molar-refractivity contribution in [3.05, 3.63) is 47.7 Å². The van der Waals surface area contributed by atoms with Crippen molar-refractivity contribution in [2.75, 3.05) is 0 Å². The Labute approximate surface area is 117 Å². The highest BCUT2D eigenvalue weighted by Crippen LogP contribution is 2.17. The Morgan fingerprint density at radius 1 is 1.16 bits per heavy atom. The van der Waals surface area contributed by atoms with Gasteiger partial charge in [-0.25, -0.2) is 0 Å². The minimum atomic E-state index is 0.483. The molecule has 0 radical (unpaired) electrons. The predicted molar refractivity (Wildman–Crippen MR) is 87.4 cm³/mol. The Morgan fingerprint density at radius 2 is 1.89 bits per heavy atom. The molecule has 0 heterocycles. The van der Waals surface area contributed by atoms with E-state index < -0.39 is 0 Å². The summed E-state index contributed by atoms with van der Waals surface area (Å²) in [6.07, 6.45) is 8.85. The maximum absolute atomic E-state index is 4.27. The largest absolute Gasteiger partial charge is 0.269 e. The lowest BCUT2D eigenvalue weighted by molar-refractivity contribution is 0.647. The molecule has 1 aromatic rings. The smallest absolute Gasteiger partial charge is 0.0270 e. The molecule has 0 aromatic heterocycles. The Morgan fingerprint density at radius 3 is 2.47 bits per heavy atom. The Hall–Kier alpha value is -1.63. The highest BCUT2D eigenvalue weighted by Gasteiger charge is 2.01. The van der Waals surface area contributed by atoms with Crippen LogP contribution in [0.2, 0.25) is 0 Å². The molecular formula is C18H25N. The Balaban J connectivity index is 2.87. The standard InChI is InChI=1S/C18H25N/c1-6-17-12-16(11-14(2)3)7-8-18(17)9-10-19-13-15(4)5/h6-10,12-15H,1,11H2,2-5H3/b10-9-,19-13?. The minimum absolute atomic E-state index is 0.483. The van der Waals surface area contributed by atoms with Crippen molar-refractivity contribution in [1.29, 1.82) is 0 Å². The van der Waals surface area contributed by atoms with Gasteiger partial charge >= 0.3 is 0 Å². The van der Waals surface area contributed by atoms with Gasteiger partial charge in [0, 0.05) is 12.4 Å². The molecule has 0 bridgehead atoms. The van der Waals surface area contributed by atoms with E-state index >= 15 is 0 Å². The van der Waals surface area contributed by atoms with Crippen LogP contribution in [0.1, 0.15) is 44.4 Å². The van der Waals surface area contributed by atoms with E-state index in [2.05, 4.69) is 57.5 Å². The van der Waals surface area contributed by atoms with Gasteiger partial charge < -0.3 is 0 Å². The first-order chi connectivity index (χ1) is 9.02. The van der Waals surface area contributed by atoms with Crippen molar-refractivity contribution >= 4 is 18.4 Å². The van der Waals surface area contributed by atoms with Gasteiger partial charge in [0.05, 0.1) is 0 Å². The van der Waals surface area contributed by atoms with E-state index in [4.69, 9.17) is 0 Å². The highest BCUT2D eigenvalue weighted by molar-refractivity contribution is 5.67. The van der Waals surface area contributed by atoms with E-state index in [9.17, 15) is 0 Å². The third-order valence-corrected chi connectivity index (χ3v) is 2.74. The first-order valence-electron chi connectivity index (χ1n) is 6.98. The van der Waals surface area contributed by atoms with Gasteiger partial charge in [0.15, 0.2) is 0 Å². The molecule has 0 aliphatic heterocycles. The van der Waals surface area contributed by atoms with Gasteiger partial charge in [-0.05, 0) is 41.0 Å². The molecule has 0 atom stereocenters. The normalized spacial score (nSPS) is 12.1. The summed E-state index contributed by atoms with van der Waals surface area (Å²) in [6.45, 7) is 12.6. The lowest BCUT2D eigenvalue weighted by Crippen LogP contribution is -1.95. The molecule has 0 saturated carbocycles. The fourth-order valence-corrected chi connectivity index (χ4v) is 1.90. The van der Waals surface area contributed by atoms with Crippen LogP contribution in [0.4, 0.5) is 0 Å². The van der Waals surface area contributed by atoms with E-state index in [1.165, 1.54) is 16.7 Å². The molecule has 0 aliphatic rings. The molecule has 0 fully saturated rings. The van der Waals surface area contributed by atoms with E-state index in [-0.39, 0.29) is 0 Å². The van der Waals surface area contributed by atoms with Crippen LogP contribution in [0.5, 0.6) is 0 Å². The molecule has 0 aliphatic carbocycles. The molecule has 1 aromatic carbocycles. The third-order valence-electron chi connectivity index (χ3n) is 2.74. The van der Waals surface area contributed by atoms with Gasteiger partial charge in [0.25, 0.3) is 0 Å².